The van der Waals surface area contributed by atoms with E-state index >= 15 is 0 Å². The fourth-order valence-corrected chi connectivity index (χ4v) is 1.93. The zero-order valence-electron chi connectivity index (χ0n) is 11.4. The van der Waals surface area contributed by atoms with Crippen LogP contribution in [0.25, 0.3) is 0 Å². The van der Waals surface area contributed by atoms with E-state index in [2.05, 4.69) is 0 Å². The molecule has 0 aromatic heterocycles. The fourth-order valence-electron chi connectivity index (χ4n) is 1.93. The molecule has 0 heterocycles. The van der Waals surface area contributed by atoms with Gasteiger partial charge in [-0.15, -0.1) is 0 Å². The van der Waals surface area contributed by atoms with Crippen LogP contribution in [0.4, 0.5) is 0 Å². The lowest BCUT2D eigenvalue weighted by Gasteiger charge is -2.09. The Hall–Kier alpha value is -3.15. The first kappa shape index (κ1) is 15.2. The summed E-state index contributed by atoms with van der Waals surface area (Å²) in [5.41, 5.74) is -0.583. The van der Waals surface area contributed by atoms with Crippen molar-refractivity contribution in [1.82, 2.24) is 0 Å². The van der Waals surface area contributed by atoms with Gasteiger partial charge >= 0.3 is 17.9 Å². The zero-order chi connectivity index (χ0) is 16.1. The summed E-state index contributed by atoms with van der Waals surface area (Å²) in [6, 6.07) is 12.5. The van der Waals surface area contributed by atoms with E-state index in [1.807, 2.05) is 6.07 Å². The molecule has 0 amide bonds. The summed E-state index contributed by atoms with van der Waals surface area (Å²) in [7, 11) is 0. The number of rotatable bonds is 5. The maximum absolute atomic E-state index is 12.0. The van der Waals surface area contributed by atoms with Crippen LogP contribution in [0, 0.1) is 0 Å². The summed E-state index contributed by atoms with van der Waals surface area (Å²) in [5.74, 6) is -3.80. The summed E-state index contributed by atoms with van der Waals surface area (Å²) in [6.07, 6.45) is 0. The molecule has 0 spiro atoms. The van der Waals surface area contributed by atoms with Gasteiger partial charge in [0.05, 0.1) is 16.7 Å². The Kier molecular flexibility index (Phi) is 4.53. The van der Waals surface area contributed by atoms with E-state index in [0.29, 0.717) is 0 Å². The van der Waals surface area contributed by atoms with Crippen molar-refractivity contribution in [1.29, 1.82) is 0 Å². The van der Waals surface area contributed by atoms with Crippen LogP contribution in [-0.4, -0.2) is 28.1 Å². The molecule has 6 nitrogen and oxygen atoms in total. The second kappa shape index (κ2) is 6.53. The second-order valence-corrected chi connectivity index (χ2v) is 4.40. The molecule has 0 saturated carbocycles. The highest BCUT2D eigenvalue weighted by molar-refractivity contribution is 6.09. The third kappa shape index (κ3) is 3.29. The van der Waals surface area contributed by atoms with Crippen molar-refractivity contribution in [3.8, 4) is 0 Å². The average molecular weight is 300 g/mol. The van der Waals surface area contributed by atoms with Crippen LogP contribution in [0.5, 0.6) is 0 Å². The molecule has 22 heavy (non-hydrogen) atoms. The molecular formula is C16H12O6. The van der Waals surface area contributed by atoms with Gasteiger partial charge in [0.25, 0.3) is 0 Å². The quantitative estimate of drug-likeness (QED) is 0.822. The smallest absolute Gasteiger partial charge is 0.339 e. The molecule has 0 aliphatic heterocycles. The van der Waals surface area contributed by atoms with Gasteiger partial charge in [-0.3, -0.25) is 0 Å². The third-order valence-corrected chi connectivity index (χ3v) is 2.94. The molecule has 0 bridgehead atoms. The standard InChI is InChI=1S/C16H12O6/c17-14(18)11-7-4-8-12(13(11)15(19)20)16(21)22-9-10-5-2-1-3-6-10/h1-8H,9H2,(H,17,18)(H,19,20). The summed E-state index contributed by atoms with van der Waals surface area (Å²) < 4.78 is 5.04. The molecule has 0 atom stereocenters. The fraction of sp³-hybridized carbons (Fsp3) is 0.0625. The van der Waals surface area contributed by atoms with E-state index in [9.17, 15) is 14.4 Å². The lowest BCUT2D eigenvalue weighted by atomic mass is 10.0. The Morgan fingerprint density at radius 2 is 1.45 bits per heavy atom. The van der Waals surface area contributed by atoms with Gasteiger partial charge in [0.2, 0.25) is 0 Å². The number of carbonyl (C=O) groups excluding carboxylic acids is 1. The average Bonchev–Trinajstić information content (AvgIpc) is 2.52. The van der Waals surface area contributed by atoms with Crippen molar-refractivity contribution in [2.45, 2.75) is 6.61 Å². The van der Waals surface area contributed by atoms with Gasteiger partial charge in [0.1, 0.15) is 6.61 Å². The van der Waals surface area contributed by atoms with Crippen molar-refractivity contribution in [2.75, 3.05) is 0 Å². The minimum atomic E-state index is -1.50. The number of benzene rings is 2. The Morgan fingerprint density at radius 3 is 2.05 bits per heavy atom. The Bertz CT molecular complexity index is 721. The van der Waals surface area contributed by atoms with Gasteiger partial charge in [-0.2, -0.15) is 0 Å². The predicted molar refractivity (Wildman–Crippen MR) is 75.9 cm³/mol. The first-order chi connectivity index (χ1) is 10.5. The molecule has 0 radical (unpaired) electrons. The maximum Gasteiger partial charge on any atom is 0.339 e. The lowest BCUT2D eigenvalue weighted by molar-refractivity contribution is 0.0463. The number of hydrogen-bond donors (Lipinski definition) is 2. The van der Waals surface area contributed by atoms with Crippen LogP contribution in [-0.2, 0) is 11.3 Å². The largest absolute Gasteiger partial charge is 0.478 e. The predicted octanol–water partition coefficient (Wildman–Crippen LogP) is 2.44. The van der Waals surface area contributed by atoms with Crippen molar-refractivity contribution in [3.05, 3.63) is 70.8 Å². The minimum absolute atomic E-state index is 0.0317. The van der Waals surface area contributed by atoms with Crippen LogP contribution in [0.2, 0.25) is 0 Å². The normalized spacial score (nSPS) is 10.0. The van der Waals surface area contributed by atoms with Crippen LogP contribution in [0.3, 0.4) is 0 Å². The number of carbonyl (C=O) groups is 3. The minimum Gasteiger partial charge on any atom is -0.478 e. The van der Waals surface area contributed by atoms with Gasteiger partial charge in [-0.05, 0) is 17.7 Å². The van der Waals surface area contributed by atoms with E-state index in [1.165, 1.54) is 12.1 Å². The number of aromatic carboxylic acids is 2. The SMILES string of the molecule is O=C(O)c1cccc(C(=O)OCc2ccccc2)c1C(=O)O. The second-order valence-electron chi connectivity index (χ2n) is 4.40. The lowest BCUT2D eigenvalue weighted by Crippen LogP contribution is -2.16. The molecule has 2 aromatic carbocycles. The van der Waals surface area contributed by atoms with Gasteiger partial charge in [-0.25, -0.2) is 14.4 Å². The number of hydrogen-bond acceptors (Lipinski definition) is 4. The molecule has 6 heteroatoms. The molecule has 0 aliphatic rings. The summed E-state index contributed by atoms with van der Waals surface area (Å²) in [5, 5.41) is 18.2. The molecule has 2 rings (SSSR count). The highest BCUT2D eigenvalue weighted by Crippen LogP contribution is 2.17. The molecule has 2 aromatic rings. The van der Waals surface area contributed by atoms with E-state index in [4.69, 9.17) is 14.9 Å². The first-order valence-corrected chi connectivity index (χ1v) is 6.31. The molecule has 0 fully saturated rings. The third-order valence-electron chi connectivity index (χ3n) is 2.94. The molecule has 112 valence electrons. The van der Waals surface area contributed by atoms with E-state index < -0.39 is 29.0 Å². The highest BCUT2D eigenvalue weighted by Gasteiger charge is 2.24. The molecule has 2 N–H and O–H groups in total. The first-order valence-electron chi connectivity index (χ1n) is 6.31. The number of esters is 1. The van der Waals surface area contributed by atoms with Gasteiger partial charge in [-0.1, -0.05) is 36.4 Å². The zero-order valence-corrected chi connectivity index (χ0v) is 11.4. The van der Waals surface area contributed by atoms with Crippen LogP contribution in [0.15, 0.2) is 48.5 Å². The molecular weight excluding hydrogens is 288 g/mol. The van der Waals surface area contributed by atoms with Crippen molar-refractivity contribution in [2.24, 2.45) is 0 Å². The molecule has 0 aliphatic carbocycles. The molecule has 0 saturated heterocycles. The van der Waals surface area contributed by atoms with Crippen molar-refractivity contribution >= 4 is 17.9 Å². The topological polar surface area (TPSA) is 101 Å². The highest BCUT2D eigenvalue weighted by atomic mass is 16.5. The van der Waals surface area contributed by atoms with Crippen LogP contribution < -0.4 is 0 Å². The molecule has 0 unspecified atom stereocenters. The summed E-state index contributed by atoms with van der Waals surface area (Å²) in [4.78, 5) is 34.4. The Balaban J connectivity index is 2.28. The Labute approximate surface area is 125 Å². The van der Waals surface area contributed by atoms with Gasteiger partial charge in [0.15, 0.2) is 0 Å². The number of carboxylic acids is 2. The van der Waals surface area contributed by atoms with Crippen molar-refractivity contribution < 1.29 is 29.3 Å². The Morgan fingerprint density at radius 1 is 0.818 bits per heavy atom. The number of ether oxygens (including phenoxy) is 1. The number of carboxylic acid groups (broad SMARTS) is 2. The maximum atomic E-state index is 12.0. The van der Waals surface area contributed by atoms with E-state index in [-0.39, 0.29) is 12.2 Å². The van der Waals surface area contributed by atoms with Gasteiger partial charge in [0, 0.05) is 0 Å². The summed E-state index contributed by atoms with van der Waals surface area (Å²) in [6.45, 7) is -0.0317. The summed E-state index contributed by atoms with van der Waals surface area (Å²) >= 11 is 0. The van der Waals surface area contributed by atoms with E-state index in [0.717, 1.165) is 11.6 Å². The van der Waals surface area contributed by atoms with E-state index in [1.54, 1.807) is 24.3 Å². The monoisotopic (exact) mass is 300 g/mol. The van der Waals surface area contributed by atoms with Crippen LogP contribution >= 0.6 is 0 Å². The van der Waals surface area contributed by atoms with Crippen molar-refractivity contribution in [3.63, 3.8) is 0 Å². The van der Waals surface area contributed by atoms with Crippen LogP contribution in [0.1, 0.15) is 36.6 Å². The van der Waals surface area contributed by atoms with Gasteiger partial charge < -0.3 is 14.9 Å².